The summed E-state index contributed by atoms with van der Waals surface area (Å²) in [7, 11) is 0. The molecule has 0 saturated heterocycles. The van der Waals surface area contributed by atoms with Crippen LogP contribution < -0.4 is 4.74 Å². The molecule has 2 unspecified atom stereocenters. The van der Waals surface area contributed by atoms with Crippen molar-refractivity contribution >= 4 is 11.6 Å². The molecule has 0 N–H and O–H groups in total. The van der Waals surface area contributed by atoms with Crippen molar-refractivity contribution in [2.75, 3.05) is 0 Å². The third kappa shape index (κ3) is 3.35. The number of ether oxygens (including phenoxy) is 1. The summed E-state index contributed by atoms with van der Waals surface area (Å²) < 4.78 is 19.1. The Hall–Kier alpha value is -0.760. The van der Waals surface area contributed by atoms with Gasteiger partial charge in [0.05, 0.1) is 11.1 Å². The second-order valence-electron chi connectivity index (χ2n) is 4.76. The van der Waals surface area contributed by atoms with E-state index in [2.05, 4.69) is 6.92 Å². The maximum atomic E-state index is 13.3. The number of rotatable bonds is 3. The van der Waals surface area contributed by atoms with Gasteiger partial charge in [-0.15, -0.1) is 0 Å². The van der Waals surface area contributed by atoms with Crippen molar-refractivity contribution in [1.82, 2.24) is 0 Å². The third-order valence-corrected chi connectivity index (χ3v) is 3.81. The van der Waals surface area contributed by atoms with E-state index < -0.39 is 5.82 Å². The Morgan fingerprint density at radius 3 is 2.94 bits per heavy atom. The molecule has 1 aliphatic rings. The fraction of sp³-hybridized carbons (Fsp3) is 0.571. The highest BCUT2D eigenvalue weighted by atomic mass is 35.5. The first kappa shape index (κ1) is 12.7. The van der Waals surface area contributed by atoms with Gasteiger partial charge in [-0.05, 0) is 37.3 Å². The van der Waals surface area contributed by atoms with Crippen LogP contribution in [0.2, 0.25) is 5.02 Å². The van der Waals surface area contributed by atoms with Crippen LogP contribution in [-0.2, 0) is 0 Å². The number of halogens is 2. The predicted molar refractivity (Wildman–Crippen MR) is 68.1 cm³/mol. The fourth-order valence-corrected chi connectivity index (χ4v) is 2.58. The minimum absolute atomic E-state index is 0.146. The summed E-state index contributed by atoms with van der Waals surface area (Å²) >= 11 is 5.64. The second kappa shape index (κ2) is 5.72. The molecule has 94 valence electrons. The molecule has 1 nitrogen and oxygen atoms in total. The molecule has 1 saturated carbocycles. The van der Waals surface area contributed by atoms with Crippen LogP contribution in [0.3, 0.4) is 0 Å². The van der Waals surface area contributed by atoms with Gasteiger partial charge >= 0.3 is 0 Å². The Bertz CT molecular complexity index is 380. The average molecular weight is 257 g/mol. The van der Waals surface area contributed by atoms with Gasteiger partial charge in [0, 0.05) is 6.07 Å². The Morgan fingerprint density at radius 2 is 2.24 bits per heavy atom. The van der Waals surface area contributed by atoms with E-state index in [4.69, 9.17) is 16.3 Å². The van der Waals surface area contributed by atoms with E-state index in [1.54, 1.807) is 12.1 Å². The highest BCUT2D eigenvalue weighted by molar-refractivity contribution is 6.30. The minimum Gasteiger partial charge on any atom is -0.490 e. The van der Waals surface area contributed by atoms with E-state index in [0.29, 0.717) is 5.75 Å². The zero-order valence-electron chi connectivity index (χ0n) is 10.1. The van der Waals surface area contributed by atoms with Crippen molar-refractivity contribution in [2.45, 2.75) is 45.1 Å². The van der Waals surface area contributed by atoms with Crippen LogP contribution >= 0.6 is 11.6 Å². The molecule has 0 aliphatic heterocycles. The minimum atomic E-state index is -0.410. The summed E-state index contributed by atoms with van der Waals surface area (Å²) in [6.45, 7) is 2.22. The topological polar surface area (TPSA) is 9.23 Å². The van der Waals surface area contributed by atoms with E-state index in [9.17, 15) is 4.39 Å². The molecular weight excluding hydrogens is 239 g/mol. The van der Waals surface area contributed by atoms with Crippen LogP contribution in [-0.4, -0.2) is 6.10 Å². The Kier molecular flexibility index (Phi) is 4.27. The van der Waals surface area contributed by atoms with Gasteiger partial charge in [-0.1, -0.05) is 31.4 Å². The van der Waals surface area contributed by atoms with Crippen molar-refractivity contribution in [3.05, 3.63) is 29.0 Å². The Balaban J connectivity index is 1.97. The molecule has 1 aromatic carbocycles. The molecule has 0 spiro atoms. The lowest BCUT2D eigenvalue weighted by Gasteiger charge is -2.29. The van der Waals surface area contributed by atoms with Crippen LogP contribution in [0.25, 0.3) is 0 Å². The summed E-state index contributed by atoms with van der Waals surface area (Å²) in [5.74, 6) is 0.937. The van der Waals surface area contributed by atoms with Crippen molar-refractivity contribution in [3.63, 3.8) is 0 Å². The lowest BCUT2D eigenvalue weighted by molar-refractivity contribution is 0.121. The molecule has 0 amide bonds. The van der Waals surface area contributed by atoms with E-state index in [1.165, 1.54) is 25.3 Å². The molecule has 17 heavy (non-hydrogen) atoms. The van der Waals surface area contributed by atoms with Gasteiger partial charge in [0.2, 0.25) is 0 Å². The van der Waals surface area contributed by atoms with Crippen LogP contribution in [0.5, 0.6) is 5.75 Å². The van der Waals surface area contributed by atoms with Gasteiger partial charge in [0.25, 0.3) is 0 Å². The highest BCUT2D eigenvalue weighted by Gasteiger charge is 2.22. The lowest BCUT2D eigenvalue weighted by Crippen LogP contribution is -2.25. The van der Waals surface area contributed by atoms with Crippen molar-refractivity contribution < 1.29 is 9.13 Å². The monoisotopic (exact) mass is 256 g/mol. The molecule has 2 rings (SSSR count). The molecule has 3 heteroatoms. The van der Waals surface area contributed by atoms with Gasteiger partial charge in [-0.2, -0.15) is 0 Å². The van der Waals surface area contributed by atoms with Crippen molar-refractivity contribution in [2.24, 2.45) is 5.92 Å². The average Bonchev–Trinajstić information content (AvgIpc) is 2.34. The standard InChI is InChI=1S/C14H18ClFO/c1-2-10-4-3-5-11(8-10)17-12-6-7-13(15)14(16)9-12/h6-7,9-11H,2-5,8H2,1H3. The molecule has 0 radical (unpaired) electrons. The van der Waals surface area contributed by atoms with Crippen LogP contribution in [0.4, 0.5) is 4.39 Å². The Morgan fingerprint density at radius 1 is 1.41 bits per heavy atom. The molecule has 1 aliphatic carbocycles. The summed E-state index contributed by atoms with van der Waals surface area (Å²) in [6, 6.07) is 4.66. The van der Waals surface area contributed by atoms with Crippen LogP contribution in [0.1, 0.15) is 39.0 Å². The normalized spacial score (nSPS) is 24.6. The number of hydrogen-bond donors (Lipinski definition) is 0. The van der Waals surface area contributed by atoms with Crippen molar-refractivity contribution in [3.8, 4) is 5.75 Å². The van der Waals surface area contributed by atoms with Gasteiger partial charge < -0.3 is 4.74 Å². The van der Waals surface area contributed by atoms with Gasteiger partial charge in [-0.25, -0.2) is 4.39 Å². The van der Waals surface area contributed by atoms with E-state index in [-0.39, 0.29) is 11.1 Å². The zero-order valence-corrected chi connectivity index (χ0v) is 10.8. The lowest BCUT2D eigenvalue weighted by atomic mass is 9.85. The van der Waals surface area contributed by atoms with E-state index >= 15 is 0 Å². The van der Waals surface area contributed by atoms with E-state index in [1.807, 2.05) is 0 Å². The van der Waals surface area contributed by atoms with Crippen LogP contribution in [0, 0.1) is 11.7 Å². The summed E-state index contributed by atoms with van der Waals surface area (Å²) in [4.78, 5) is 0. The summed E-state index contributed by atoms with van der Waals surface area (Å²) in [5, 5.41) is 0.146. The molecule has 0 aromatic heterocycles. The van der Waals surface area contributed by atoms with Crippen molar-refractivity contribution in [1.29, 1.82) is 0 Å². The predicted octanol–water partition coefficient (Wildman–Crippen LogP) is 4.83. The first-order valence-electron chi connectivity index (χ1n) is 6.30. The first-order chi connectivity index (χ1) is 8.19. The van der Waals surface area contributed by atoms with Gasteiger partial charge in [0.1, 0.15) is 11.6 Å². The Labute approximate surface area is 107 Å². The SMILES string of the molecule is CCC1CCCC(Oc2ccc(Cl)c(F)c2)C1. The first-order valence-corrected chi connectivity index (χ1v) is 6.68. The molecular formula is C14H18ClFO. The van der Waals surface area contributed by atoms with Crippen LogP contribution in [0.15, 0.2) is 18.2 Å². The summed E-state index contributed by atoms with van der Waals surface area (Å²) in [5.41, 5.74) is 0. The molecule has 1 aromatic rings. The second-order valence-corrected chi connectivity index (χ2v) is 5.16. The maximum Gasteiger partial charge on any atom is 0.145 e. The highest BCUT2D eigenvalue weighted by Crippen LogP contribution is 2.30. The number of benzene rings is 1. The molecule has 1 fully saturated rings. The molecule has 0 heterocycles. The van der Waals surface area contributed by atoms with Gasteiger partial charge in [-0.3, -0.25) is 0 Å². The zero-order chi connectivity index (χ0) is 12.3. The van der Waals surface area contributed by atoms with E-state index in [0.717, 1.165) is 18.8 Å². The number of hydrogen-bond acceptors (Lipinski definition) is 1. The van der Waals surface area contributed by atoms with Gasteiger partial charge in [0.15, 0.2) is 0 Å². The fourth-order valence-electron chi connectivity index (χ4n) is 2.46. The molecule has 0 bridgehead atoms. The summed E-state index contributed by atoms with van der Waals surface area (Å²) in [6.07, 6.45) is 6.09. The quantitative estimate of drug-likeness (QED) is 0.753. The maximum absolute atomic E-state index is 13.3. The molecule has 2 atom stereocenters. The third-order valence-electron chi connectivity index (χ3n) is 3.51. The smallest absolute Gasteiger partial charge is 0.145 e. The largest absolute Gasteiger partial charge is 0.490 e.